The second-order valence-corrected chi connectivity index (χ2v) is 6.88. The fourth-order valence-corrected chi connectivity index (χ4v) is 3.33. The molecule has 0 spiro atoms. The molecule has 1 atom stereocenters. The molecule has 0 saturated carbocycles. The van der Waals surface area contributed by atoms with E-state index in [4.69, 9.17) is 0 Å². The van der Waals surface area contributed by atoms with Crippen LogP contribution in [0.1, 0.15) is 24.6 Å². The van der Waals surface area contributed by atoms with Crippen molar-refractivity contribution in [1.29, 1.82) is 0 Å². The van der Waals surface area contributed by atoms with Gasteiger partial charge in [-0.1, -0.05) is 19.1 Å². The smallest absolute Gasteiger partial charge is 0.0416 e. The van der Waals surface area contributed by atoms with Gasteiger partial charge in [-0.15, -0.1) is 0 Å². The zero-order chi connectivity index (χ0) is 16.0. The number of nitrogens with one attached hydrogen (secondary N) is 1. The van der Waals surface area contributed by atoms with Gasteiger partial charge in [0.15, 0.2) is 0 Å². The van der Waals surface area contributed by atoms with Gasteiger partial charge in [0.1, 0.15) is 0 Å². The molecule has 2 aromatic heterocycles. The second-order valence-electron chi connectivity index (χ2n) is 6.88. The summed E-state index contributed by atoms with van der Waals surface area (Å²) >= 11 is 0. The molecule has 1 fully saturated rings. The number of aromatic nitrogens is 2. The average Bonchev–Trinajstić information content (AvgIpc) is 3.01. The maximum absolute atomic E-state index is 4.46. The van der Waals surface area contributed by atoms with Gasteiger partial charge in [0, 0.05) is 56.9 Å². The van der Waals surface area contributed by atoms with E-state index in [1.165, 1.54) is 17.7 Å². The third kappa shape index (κ3) is 4.85. The first-order chi connectivity index (χ1) is 11.2. The van der Waals surface area contributed by atoms with Crippen molar-refractivity contribution in [3.05, 3.63) is 60.2 Å². The highest BCUT2D eigenvalue weighted by Gasteiger charge is 2.30. The molecule has 1 N–H and O–H groups in total. The van der Waals surface area contributed by atoms with E-state index in [0.29, 0.717) is 5.41 Å². The van der Waals surface area contributed by atoms with Crippen molar-refractivity contribution in [1.82, 2.24) is 20.2 Å². The highest BCUT2D eigenvalue weighted by atomic mass is 15.1. The van der Waals surface area contributed by atoms with Gasteiger partial charge in [-0.3, -0.25) is 14.9 Å². The predicted molar refractivity (Wildman–Crippen MR) is 93.0 cm³/mol. The Labute approximate surface area is 139 Å². The third-order valence-corrected chi connectivity index (χ3v) is 4.60. The Bertz CT molecular complexity index is 579. The molecule has 1 aliphatic rings. The van der Waals surface area contributed by atoms with E-state index in [9.17, 15) is 0 Å². The molecule has 1 aliphatic heterocycles. The molecule has 122 valence electrons. The van der Waals surface area contributed by atoms with Crippen molar-refractivity contribution in [3.63, 3.8) is 0 Å². The van der Waals surface area contributed by atoms with Gasteiger partial charge < -0.3 is 5.32 Å². The van der Waals surface area contributed by atoms with E-state index < -0.39 is 0 Å². The first-order valence-electron chi connectivity index (χ1n) is 8.45. The Balaban J connectivity index is 1.65. The highest BCUT2D eigenvalue weighted by molar-refractivity contribution is 5.09. The van der Waals surface area contributed by atoms with Crippen LogP contribution < -0.4 is 5.32 Å². The van der Waals surface area contributed by atoms with Gasteiger partial charge in [-0.25, -0.2) is 0 Å². The summed E-state index contributed by atoms with van der Waals surface area (Å²) in [6, 6.07) is 10.3. The van der Waals surface area contributed by atoms with Crippen molar-refractivity contribution in [2.75, 3.05) is 26.2 Å². The normalized spacial score (nSPS) is 21.0. The van der Waals surface area contributed by atoms with Crippen molar-refractivity contribution in [2.45, 2.75) is 26.3 Å². The number of nitrogens with zero attached hydrogens (tertiary/aromatic N) is 3. The van der Waals surface area contributed by atoms with Crippen LogP contribution in [-0.2, 0) is 13.0 Å². The largest absolute Gasteiger partial charge is 0.316 e. The van der Waals surface area contributed by atoms with Crippen LogP contribution in [0.4, 0.5) is 0 Å². The fraction of sp³-hybridized carbons (Fsp3) is 0.474. The Morgan fingerprint density at radius 1 is 1.22 bits per heavy atom. The standard InChI is InChI=1S/C19H26N4/c1-19(8-11-21-15-19)16-23(14-17-5-4-9-20-13-17)12-7-18-6-2-3-10-22-18/h2-6,9-10,13,21H,7-8,11-12,14-16H2,1H3. The van der Waals surface area contributed by atoms with Gasteiger partial charge >= 0.3 is 0 Å². The van der Waals surface area contributed by atoms with Crippen LogP contribution in [0.15, 0.2) is 48.9 Å². The van der Waals surface area contributed by atoms with Gasteiger partial charge in [0.25, 0.3) is 0 Å². The average molecular weight is 310 g/mol. The molecule has 2 aromatic rings. The zero-order valence-electron chi connectivity index (χ0n) is 13.9. The van der Waals surface area contributed by atoms with E-state index in [2.05, 4.69) is 45.3 Å². The van der Waals surface area contributed by atoms with Crippen LogP contribution in [0, 0.1) is 5.41 Å². The molecule has 0 radical (unpaired) electrons. The van der Waals surface area contributed by atoms with Gasteiger partial charge in [0.05, 0.1) is 0 Å². The molecule has 4 heteroatoms. The first-order valence-corrected chi connectivity index (χ1v) is 8.45. The molecule has 0 aromatic carbocycles. The minimum absolute atomic E-state index is 0.367. The summed E-state index contributed by atoms with van der Waals surface area (Å²) in [6.07, 6.45) is 7.93. The van der Waals surface area contributed by atoms with Crippen LogP contribution in [-0.4, -0.2) is 41.0 Å². The lowest BCUT2D eigenvalue weighted by atomic mass is 9.89. The topological polar surface area (TPSA) is 41.1 Å². The van der Waals surface area contributed by atoms with Crippen LogP contribution in [0.3, 0.4) is 0 Å². The molecule has 1 unspecified atom stereocenters. The predicted octanol–water partition coefficient (Wildman–Crippen LogP) is 2.52. The Kier molecular flexibility index (Phi) is 5.36. The van der Waals surface area contributed by atoms with Crippen molar-refractivity contribution in [2.24, 2.45) is 5.41 Å². The minimum Gasteiger partial charge on any atom is -0.316 e. The highest BCUT2D eigenvalue weighted by Crippen LogP contribution is 2.26. The van der Waals surface area contributed by atoms with Crippen LogP contribution in [0.25, 0.3) is 0 Å². The molecule has 0 aliphatic carbocycles. The molecule has 1 saturated heterocycles. The monoisotopic (exact) mass is 310 g/mol. The summed E-state index contributed by atoms with van der Waals surface area (Å²) in [6.45, 7) is 7.74. The minimum atomic E-state index is 0.367. The van der Waals surface area contributed by atoms with E-state index in [1.54, 1.807) is 0 Å². The molecule has 0 amide bonds. The quantitative estimate of drug-likeness (QED) is 0.853. The Morgan fingerprint density at radius 2 is 2.17 bits per heavy atom. The fourth-order valence-electron chi connectivity index (χ4n) is 3.33. The van der Waals surface area contributed by atoms with E-state index >= 15 is 0 Å². The molecular weight excluding hydrogens is 284 g/mol. The van der Waals surface area contributed by atoms with Crippen molar-refractivity contribution >= 4 is 0 Å². The summed E-state index contributed by atoms with van der Waals surface area (Å²) in [5, 5.41) is 3.50. The molecule has 3 rings (SSSR count). The maximum atomic E-state index is 4.46. The van der Waals surface area contributed by atoms with E-state index in [-0.39, 0.29) is 0 Å². The molecule has 0 bridgehead atoms. The molecule has 3 heterocycles. The zero-order valence-corrected chi connectivity index (χ0v) is 13.9. The lowest BCUT2D eigenvalue weighted by molar-refractivity contribution is 0.171. The van der Waals surface area contributed by atoms with Gasteiger partial charge in [-0.05, 0) is 42.1 Å². The number of rotatable bonds is 7. The summed E-state index contributed by atoms with van der Waals surface area (Å²) in [5.41, 5.74) is 2.81. The Hall–Kier alpha value is -1.78. The van der Waals surface area contributed by atoms with Crippen molar-refractivity contribution < 1.29 is 0 Å². The SMILES string of the molecule is CC1(CN(CCc2ccccn2)Cc2cccnc2)CCNC1. The lowest BCUT2D eigenvalue weighted by Gasteiger charge is -2.32. The summed E-state index contributed by atoms with van der Waals surface area (Å²) in [5.74, 6) is 0. The maximum Gasteiger partial charge on any atom is 0.0416 e. The third-order valence-electron chi connectivity index (χ3n) is 4.60. The van der Waals surface area contributed by atoms with Crippen molar-refractivity contribution in [3.8, 4) is 0 Å². The first kappa shape index (κ1) is 16.1. The Morgan fingerprint density at radius 3 is 2.87 bits per heavy atom. The van der Waals surface area contributed by atoms with E-state index in [1.807, 2.05) is 30.7 Å². The number of pyridine rings is 2. The summed E-state index contributed by atoms with van der Waals surface area (Å²) in [7, 11) is 0. The summed E-state index contributed by atoms with van der Waals surface area (Å²) in [4.78, 5) is 11.3. The number of hydrogen-bond acceptors (Lipinski definition) is 4. The molecule has 4 nitrogen and oxygen atoms in total. The number of hydrogen-bond donors (Lipinski definition) is 1. The second kappa shape index (κ2) is 7.66. The van der Waals surface area contributed by atoms with Gasteiger partial charge in [-0.2, -0.15) is 0 Å². The van der Waals surface area contributed by atoms with Gasteiger partial charge in [0.2, 0.25) is 0 Å². The van der Waals surface area contributed by atoms with Crippen LogP contribution >= 0.6 is 0 Å². The lowest BCUT2D eigenvalue weighted by Crippen LogP contribution is -2.38. The van der Waals surface area contributed by atoms with E-state index in [0.717, 1.165) is 39.1 Å². The van der Waals surface area contributed by atoms with Crippen LogP contribution in [0.5, 0.6) is 0 Å². The molecular formula is C19H26N4. The molecule has 23 heavy (non-hydrogen) atoms. The summed E-state index contributed by atoms with van der Waals surface area (Å²) < 4.78 is 0. The van der Waals surface area contributed by atoms with Crippen LogP contribution in [0.2, 0.25) is 0 Å².